The molecule has 138 valence electrons. The van der Waals surface area contributed by atoms with Crippen molar-refractivity contribution in [1.29, 1.82) is 0 Å². The van der Waals surface area contributed by atoms with Crippen LogP contribution in [0.25, 0.3) is 0 Å². The molecule has 0 saturated heterocycles. The molecular weight excluding hydrogens is 362 g/mol. The Hall–Kier alpha value is -3.00. The van der Waals surface area contributed by atoms with Gasteiger partial charge in [0, 0.05) is 10.6 Å². The second-order valence-electron chi connectivity index (χ2n) is 6.34. The Bertz CT molecular complexity index is 1020. The van der Waals surface area contributed by atoms with Crippen molar-refractivity contribution in [3.8, 4) is 5.75 Å². The Labute approximate surface area is 160 Å². The lowest BCUT2D eigenvalue weighted by molar-refractivity contribution is -0.118. The smallest absolute Gasteiger partial charge is 0.248 e. The third-order valence-corrected chi connectivity index (χ3v) is 5.77. The van der Waals surface area contributed by atoms with Crippen molar-refractivity contribution < 1.29 is 9.53 Å². The molecule has 7 nitrogen and oxygen atoms in total. The van der Waals surface area contributed by atoms with E-state index in [9.17, 15) is 4.79 Å². The van der Waals surface area contributed by atoms with Crippen molar-refractivity contribution in [2.45, 2.75) is 19.9 Å². The van der Waals surface area contributed by atoms with Crippen LogP contribution in [0.3, 0.4) is 0 Å². The third-order valence-electron chi connectivity index (χ3n) is 4.68. The van der Waals surface area contributed by atoms with Gasteiger partial charge in [-0.05, 0) is 43.0 Å². The number of aromatic nitrogens is 3. The molecule has 0 fully saturated rings. The van der Waals surface area contributed by atoms with Crippen LogP contribution in [0.15, 0.2) is 47.0 Å². The minimum Gasteiger partial charge on any atom is -0.495 e. The predicted molar refractivity (Wildman–Crippen MR) is 105 cm³/mol. The van der Waals surface area contributed by atoms with Gasteiger partial charge >= 0.3 is 0 Å². The third kappa shape index (κ3) is 3.02. The summed E-state index contributed by atoms with van der Waals surface area (Å²) in [4.78, 5) is 23.1. The molecule has 1 N–H and O–H groups in total. The minimum absolute atomic E-state index is 0.153. The van der Waals surface area contributed by atoms with Crippen molar-refractivity contribution in [2.24, 2.45) is 10.9 Å². The van der Waals surface area contributed by atoms with Gasteiger partial charge in [0.25, 0.3) is 0 Å². The molecule has 1 aromatic carbocycles. The van der Waals surface area contributed by atoms with E-state index in [1.807, 2.05) is 49.6 Å². The number of hydrogen-bond donors (Lipinski definition) is 1. The first-order chi connectivity index (χ1) is 13.1. The number of aryl methyl sites for hydroxylation is 1. The van der Waals surface area contributed by atoms with Gasteiger partial charge in [0.15, 0.2) is 0 Å². The van der Waals surface area contributed by atoms with Gasteiger partial charge in [-0.3, -0.25) is 4.79 Å². The lowest BCUT2D eigenvalue weighted by Gasteiger charge is -2.30. The molecule has 1 aliphatic rings. The number of nitrogens with one attached hydrogen (secondary N) is 1. The van der Waals surface area contributed by atoms with E-state index < -0.39 is 5.92 Å². The van der Waals surface area contributed by atoms with Crippen LogP contribution in [0, 0.1) is 12.8 Å². The number of nitrogens with zero attached hydrogens (tertiary/aromatic N) is 4. The quantitative estimate of drug-likeness (QED) is 0.749. The molecule has 0 radical (unpaired) electrons. The number of methoxy groups -OCH3 is 1. The fourth-order valence-electron chi connectivity index (χ4n) is 3.36. The van der Waals surface area contributed by atoms with Crippen molar-refractivity contribution in [3.05, 3.63) is 52.5 Å². The Morgan fingerprint density at radius 3 is 2.81 bits per heavy atom. The molecule has 4 rings (SSSR count). The number of para-hydroxylation sites is 2. The summed E-state index contributed by atoms with van der Waals surface area (Å²) in [6.07, 6.45) is 1.47. The van der Waals surface area contributed by atoms with E-state index in [0.29, 0.717) is 23.1 Å². The molecule has 0 saturated carbocycles. The maximum atomic E-state index is 13.3. The summed E-state index contributed by atoms with van der Waals surface area (Å²) in [5, 5.41) is 9.36. The summed E-state index contributed by atoms with van der Waals surface area (Å²) in [7, 11) is 1.58. The summed E-state index contributed by atoms with van der Waals surface area (Å²) in [5.41, 5.74) is 2.46. The van der Waals surface area contributed by atoms with Gasteiger partial charge in [-0.2, -0.15) is 10.1 Å². The molecule has 3 aromatic rings. The number of benzene rings is 1. The van der Waals surface area contributed by atoms with Crippen molar-refractivity contribution in [3.63, 3.8) is 0 Å². The number of aliphatic imine (C=N–C) groups is 1. The van der Waals surface area contributed by atoms with Gasteiger partial charge in [-0.25, -0.2) is 9.67 Å². The molecule has 27 heavy (non-hydrogen) atoms. The molecule has 8 heteroatoms. The van der Waals surface area contributed by atoms with Crippen LogP contribution in [0.5, 0.6) is 5.75 Å². The zero-order valence-electron chi connectivity index (χ0n) is 15.2. The van der Waals surface area contributed by atoms with Gasteiger partial charge < -0.3 is 10.1 Å². The van der Waals surface area contributed by atoms with Crippen LogP contribution < -0.4 is 10.1 Å². The van der Waals surface area contributed by atoms with Gasteiger partial charge in [0.05, 0.1) is 12.8 Å². The van der Waals surface area contributed by atoms with E-state index >= 15 is 0 Å². The number of carbonyl (C=O) groups excluding carboxylic acids is 1. The molecule has 0 aliphatic carbocycles. The molecule has 0 bridgehead atoms. The van der Waals surface area contributed by atoms with E-state index in [1.54, 1.807) is 23.1 Å². The Balaban J connectivity index is 1.75. The maximum Gasteiger partial charge on any atom is 0.248 e. The fourth-order valence-corrected chi connectivity index (χ4v) is 4.41. The molecule has 2 aromatic heterocycles. The monoisotopic (exact) mass is 381 g/mol. The van der Waals surface area contributed by atoms with Crippen molar-refractivity contribution >= 4 is 34.6 Å². The molecule has 1 amide bonds. The van der Waals surface area contributed by atoms with Crippen LogP contribution >= 0.6 is 11.3 Å². The molecule has 1 aliphatic heterocycles. The van der Waals surface area contributed by atoms with E-state index in [0.717, 1.165) is 10.4 Å². The number of rotatable bonds is 4. The maximum absolute atomic E-state index is 13.3. The van der Waals surface area contributed by atoms with E-state index in [1.165, 1.54) is 6.33 Å². The summed E-state index contributed by atoms with van der Waals surface area (Å²) >= 11 is 1.61. The molecular formula is C19H19N5O2S. The van der Waals surface area contributed by atoms with Gasteiger partial charge in [0.2, 0.25) is 11.9 Å². The number of hydrogen-bond acceptors (Lipinski definition) is 6. The highest BCUT2D eigenvalue weighted by Gasteiger charge is 2.40. The van der Waals surface area contributed by atoms with Crippen LogP contribution in [-0.4, -0.2) is 33.5 Å². The number of thiophene rings is 1. The van der Waals surface area contributed by atoms with E-state index in [-0.39, 0.29) is 11.9 Å². The van der Waals surface area contributed by atoms with Crippen LogP contribution in [0.2, 0.25) is 0 Å². The highest BCUT2D eigenvalue weighted by molar-refractivity contribution is 7.10. The predicted octanol–water partition coefficient (Wildman–Crippen LogP) is 3.61. The molecule has 2 unspecified atom stereocenters. The summed E-state index contributed by atoms with van der Waals surface area (Å²) in [6.45, 7) is 3.90. The Morgan fingerprint density at radius 1 is 1.26 bits per heavy atom. The first-order valence-electron chi connectivity index (χ1n) is 8.52. The van der Waals surface area contributed by atoms with E-state index in [4.69, 9.17) is 4.74 Å². The lowest BCUT2D eigenvalue weighted by atomic mass is 9.90. The average Bonchev–Trinajstić information content (AvgIpc) is 3.29. The van der Waals surface area contributed by atoms with Gasteiger partial charge in [0.1, 0.15) is 24.0 Å². The zero-order valence-corrected chi connectivity index (χ0v) is 16.0. The number of ether oxygens (including phenoxy) is 1. The number of anilines is 1. The van der Waals surface area contributed by atoms with E-state index in [2.05, 4.69) is 20.4 Å². The largest absolute Gasteiger partial charge is 0.495 e. The van der Waals surface area contributed by atoms with Crippen LogP contribution in [0.4, 0.5) is 11.6 Å². The number of amides is 1. The normalized spacial score (nSPS) is 18.6. The fraction of sp³-hybridized carbons (Fsp3) is 0.263. The summed E-state index contributed by atoms with van der Waals surface area (Å²) < 4.78 is 7.09. The van der Waals surface area contributed by atoms with Gasteiger partial charge in [-0.1, -0.05) is 12.1 Å². The van der Waals surface area contributed by atoms with Crippen molar-refractivity contribution in [1.82, 2.24) is 14.8 Å². The molecule has 0 spiro atoms. The summed E-state index contributed by atoms with van der Waals surface area (Å²) in [5.74, 6) is 0.481. The second kappa shape index (κ2) is 6.96. The standard InChI is InChI=1S/C19H19N5O2S/c1-11-8-9-27-17(11)16-15(12(2)22-19-20-10-21-24(16)19)18(25)23-13-6-4-5-7-14(13)26-3/h4-10,15-16H,1-3H3,(H,23,25). The Kier molecular flexibility index (Phi) is 4.49. The average molecular weight is 381 g/mol. The Morgan fingerprint density at radius 2 is 2.07 bits per heavy atom. The molecule has 3 heterocycles. The number of fused-ring (bicyclic) bond motifs is 1. The second-order valence-corrected chi connectivity index (χ2v) is 7.29. The first kappa shape index (κ1) is 17.4. The highest BCUT2D eigenvalue weighted by Crippen LogP contribution is 2.39. The zero-order chi connectivity index (χ0) is 19.0. The SMILES string of the molecule is COc1ccccc1NC(=O)C1C(C)=Nc2ncnn2C1c1sccc1C. The number of carbonyl (C=O) groups is 1. The van der Waals surface area contributed by atoms with Crippen LogP contribution in [-0.2, 0) is 4.79 Å². The van der Waals surface area contributed by atoms with Crippen LogP contribution in [0.1, 0.15) is 23.4 Å². The van der Waals surface area contributed by atoms with Crippen molar-refractivity contribution in [2.75, 3.05) is 12.4 Å². The lowest BCUT2D eigenvalue weighted by Crippen LogP contribution is -2.39. The minimum atomic E-state index is -0.499. The molecule has 2 atom stereocenters. The highest BCUT2D eigenvalue weighted by atomic mass is 32.1. The summed E-state index contributed by atoms with van der Waals surface area (Å²) in [6, 6.07) is 9.12. The van der Waals surface area contributed by atoms with Gasteiger partial charge in [-0.15, -0.1) is 11.3 Å². The first-order valence-corrected chi connectivity index (χ1v) is 9.40. The topological polar surface area (TPSA) is 81.4 Å².